The van der Waals surface area contributed by atoms with Crippen LogP contribution in [0.5, 0.6) is 0 Å². The van der Waals surface area contributed by atoms with Crippen molar-refractivity contribution in [1.29, 1.82) is 0 Å². The van der Waals surface area contributed by atoms with Gasteiger partial charge in [0.2, 0.25) is 9.84 Å². The molecule has 1 heterocycles. The highest BCUT2D eigenvalue weighted by Crippen LogP contribution is 2.30. The van der Waals surface area contributed by atoms with E-state index in [4.69, 9.17) is 11.6 Å². The zero-order valence-corrected chi connectivity index (χ0v) is 16.4. The number of aryl methyl sites for hydroxylation is 1. The Hall–Kier alpha value is -2.18. The summed E-state index contributed by atoms with van der Waals surface area (Å²) in [5.74, 6) is 0.491. The highest BCUT2D eigenvalue weighted by molar-refractivity contribution is 7.91. The van der Waals surface area contributed by atoms with Gasteiger partial charge in [-0.25, -0.2) is 8.42 Å². The molecule has 0 saturated carbocycles. The molecule has 7 heteroatoms. The van der Waals surface area contributed by atoms with Gasteiger partial charge in [-0.3, -0.25) is 4.57 Å². The molecule has 3 rings (SSSR count). The Morgan fingerprint density at radius 1 is 1.12 bits per heavy atom. The second-order valence-electron chi connectivity index (χ2n) is 6.16. The Morgan fingerprint density at radius 3 is 2.50 bits per heavy atom. The van der Waals surface area contributed by atoms with E-state index in [1.807, 2.05) is 44.2 Å². The summed E-state index contributed by atoms with van der Waals surface area (Å²) in [6.45, 7) is 5.92. The Labute approximate surface area is 158 Å². The van der Waals surface area contributed by atoms with Crippen LogP contribution in [0.15, 0.2) is 53.7 Å². The van der Waals surface area contributed by atoms with Crippen molar-refractivity contribution in [2.75, 3.05) is 0 Å². The monoisotopic (exact) mass is 389 g/mol. The molecule has 3 aromatic rings. The number of rotatable bonds is 5. The smallest absolute Gasteiger partial charge is 0.250 e. The third-order valence-corrected chi connectivity index (χ3v) is 6.60. The summed E-state index contributed by atoms with van der Waals surface area (Å²) in [6.07, 6.45) is 0. The van der Waals surface area contributed by atoms with Crippen LogP contribution >= 0.6 is 11.6 Å². The van der Waals surface area contributed by atoms with Crippen molar-refractivity contribution in [3.63, 3.8) is 0 Å². The average Bonchev–Trinajstić information content (AvgIpc) is 3.06. The fourth-order valence-electron chi connectivity index (χ4n) is 2.89. The molecule has 1 unspecified atom stereocenters. The van der Waals surface area contributed by atoms with Crippen LogP contribution in [0.25, 0.3) is 11.4 Å². The van der Waals surface area contributed by atoms with Gasteiger partial charge in [0.1, 0.15) is 0 Å². The van der Waals surface area contributed by atoms with E-state index in [2.05, 4.69) is 10.2 Å². The van der Waals surface area contributed by atoms with Crippen LogP contribution in [0.1, 0.15) is 30.2 Å². The lowest BCUT2D eigenvalue weighted by Gasteiger charge is -2.14. The van der Waals surface area contributed by atoms with E-state index in [1.165, 1.54) is 0 Å². The minimum absolute atomic E-state index is 0.0241. The van der Waals surface area contributed by atoms with Crippen LogP contribution in [-0.4, -0.2) is 23.2 Å². The van der Waals surface area contributed by atoms with E-state index in [9.17, 15) is 8.42 Å². The highest BCUT2D eigenvalue weighted by Gasteiger charge is 2.31. The van der Waals surface area contributed by atoms with Gasteiger partial charge in [0.05, 0.1) is 5.25 Å². The molecule has 0 amide bonds. The first kappa shape index (κ1) is 18.6. The van der Waals surface area contributed by atoms with Crippen molar-refractivity contribution < 1.29 is 8.42 Å². The van der Waals surface area contributed by atoms with Gasteiger partial charge in [0, 0.05) is 17.1 Å². The van der Waals surface area contributed by atoms with Crippen molar-refractivity contribution in [3.05, 3.63) is 64.7 Å². The van der Waals surface area contributed by atoms with Gasteiger partial charge in [-0.15, -0.1) is 10.2 Å². The second-order valence-corrected chi connectivity index (χ2v) is 8.76. The van der Waals surface area contributed by atoms with Gasteiger partial charge < -0.3 is 0 Å². The molecule has 1 aromatic heterocycles. The number of sulfone groups is 1. The maximum absolute atomic E-state index is 13.2. The lowest BCUT2D eigenvalue weighted by molar-refractivity contribution is 0.559. The van der Waals surface area contributed by atoms with Crippen molar-refractivity contribution in [2.45, 2.75) is 37.7 Å². The van der Waals surface area contributed by atoms with Gasteiger partial charge >= 0.3 is 0 Å². The summed E-state index contributed by atoms with van der Waals surface area (Å²) in [4.78, 5) is 0. The third-order valence-electron chi connectivity index (χ3n) is 4.35. The first-order chi connectivity index (χ1) is 12.3. The summed E-state index contributed by atoms with van der Waals surface area (Å²) < 4.78 is 28.0. The fourth-order valence-corrected chi connectivity index (χ4v) is 4.57. The first-order valence-electron chi connectivity index (χ1n) is 8.34. The summed E-state index contributed by atoms with van der Waals surface area (Å²) >= 11 is 6.06. The SMILES string of the molecule is CCn1c(-c2cccc(Cl)c2)nnc1S(=O)(=O)C(C)c1cccc(C)c1. The number of halogens is 1. The molecule has 5 nitrogen and oxygen atoms in total. The van der Waals surface area contributed by atoms with E-state index >= 15 is 0 Å². The molecular formula is C19H20ClN3O2S. The number of benzene rings is 2. The Kier molecular flexibility index (Phi) is 5.16. The van der Waals surface area contributed by atoms with Crippen LogP contribution in [-0.2, 0) is 16.4 Å². The number of nitrogens with zero attached hydrogens (tertiary/aromatic N) is 3. The molecule has 0 saturated heterocycles. The van der Waals surface area contributed by atoms with Gasteiger partial charge in [-0.1, -0.05) is 53.6 Å². The molecule has 136 valence electrons. The van der Waals surface area contributed by atoms with Crippen LogP contribution in [0.4, 0.5) is 0 Å². The van der Waals surface area contributed by atoms with Crippen molar-refractivity contribution in [2.24, 2.45) is 0 Å². The third kappa shape index (κ3) is 3.39. The van der Waals surface area contributed by atoms with E-state index in [0.717, 1.165) is 16.7 Å². The molecular weight excluding hydrogens is 370 g/mol. The summed E-state index contributed by atoms with van der Waals surface area (Å²) in [7, 11) is -3.69. The molecule has 2 aromatic carbocycles. The van der Waals surface area contributed by atoms with Crippen molar-refractivity contribution in [1.82, 2.24) is 14.8 Å². The van der Waals surface area contributed by atoms with Crippen LogP contribution in [0.2, 0.25) is 5.02 Å². The minimum atomic E-state index is -3.69. The average molecular weight is 390 g/mol. The Balaban J connectivity index is 2.09. The molecule has 26 heavy (non-hydrogen) atoms. The predicted octanol–water partition coefficient (Wildman–Crippen LogP) is 4.46. The molecule has 0 spiro atoms. The van der Waals surface area contributed by atoms with Gasteiger partial charge in [0.25, 0.3) is 5.16 Å². The molecule has 0 aliphatic rings. The molecule has 1 atom stereocenters. The molecule has 0 aliphatic heterocycles. The Bertz CT molecular complexity index is 1040. The van der Waals surface area contributed by atoms with Crippen molar-refractivity contribution >= 4 is 21.4 Å². The predicted molar refractivity (Wildman–Crippen MR) is 103 cm³/mol. The fraction of sp³-hybridized carbons (Fsp3) is 0.263. The second kappa shape index (κ2) is 7.21. The molecule has 0 fully saturated rings. The Morgan fingerprint density at radius 2 is 1.85 bits per heavy atom. The van der Waals surface area contributed by atoms with Crippen molar-refractivity contribution in [3.8, 4) is 11.4 Å². The topological polar surface area (TPSA) is 64.8 Å². The number of hydrogen-bond donors (Lipinski definition) is 0. The summed E-state index contributed by atoms with van der Waals surface area (Å²) in [5, 5.41) is 7.97. The first-order valence-corrected chi connectivity index (χ1v) is 10.3. The van der Waals surface area contributed by atoms with E-state index < -0.39 is 15.1 Å². The molecule has 0 N–H and O–H groups in total. The zero-order valence-electron chi connectivity index (χ0n) is 14.8. The number of hydrogen-bond acceptors (Lipinski definition) is 4. The normalized spacial score (nSPS) is 12.9. The van der Waals surface area contributed by atoms with E-state index in [-0.39, 0.29) is 5.16 Å². The zero-order chi connectivity index (χ0) is 18.9. The molecule has 0 bridgehead atoms. The minimum Gasteiger partial charge on any atom is -0.298 e. The quantitative estimate of drug-likeness (QED) is 0.646. The number of aromatic nitrogens is 3. The van der Waals surface area contributed by atoms with Crippen LogP contribution in [0.3, 0.4) is 0 Å². The van der Waals surface area contributed by atoms with E-state index in [0.29, 0.717) is 17.4 Å². The molecule has 0 aliphatic carbocycles. The summed E-state index contributed by atoms with van der Waals surface area (Å²) in [6, 6.07) is 14.6. The van der Waals surface area contributed by atoms with Gasteiger partial charge in [0.15, 0.2) is 5.82 Å². The standard InChI is InChI=1S/C19H20ClN3O2S/c1-4-23-18(16-9-6-10-17(20)12-16)21-22-19(23)26(24,25)14(3)15-8-5-7-13(2)11-15/h5-12,14H,4H2,1-3H3. The van der Waals surface area contributed by atoms with E-state index in [1.54, 1.807) is 29.7 Å². The van der Waals surface area contributed by atoms with Crippen LogP contribution in [0, 0.1) is 6.92 Å². The lowest BCUT2D eigenvalue weighted by Crippen LogP contribution is -2.17. The maximum atomic E-state index is 13.2. The highest BCUT2D eigenvalue weighted by atomic mass is 35.5. The summed E-state index contributed by atoms with van der Waals surface area (Å²) in [5.41, 5.74) is 2.48. The molecule has 0 radical (unpaired) electrons. The van der Waals surface area contributed by atoms with Gasteiger partial charge in [-0.05, 0) is 38.5 Å². The van der Waals surface area contributed by atoms with Crippen LogP contribution < -0.4 is 0 Å². The lowest BCUT2D eigenvalue weighted by atomic mass is 10.1. The maximum Gasteiger partial charge on any atom is 0.250 e. The van der Waals surface area contributed by atoms with Gasteiger partial charge in [-0.2, -0.15) is 0 Å². The largest absolute Gasteiger partial charge is 0.298 e.